The van der Waals surface area contributed by atoms with E-state index in [1.54, 1.807) is 12.3 Å². The molecular formula is C24H24N2O7S2. The van der Waals surface area contributed by atoms with Crippen LogP contribution in [0.2, 0.25) is 0 Å². The molecule has 184 valence electrons. The second-order valence-electron chi connectivity index (χ2n) is 7.38. The quantitative estimate of drug-likeness (QED) is 0.431. The maximum absolute atomic E-state index is 12.6. The number of rotatable bonds is 9. The zero-order valence-corrected chi connectivity index (χ0v) is 20.9. The number of hydrogen-bond donors (Lipinski definition) is 1. The van der Waals surface area contributed by atoms with Crippen LogP contribution in [-0.2, 0) is 24.3 Å². The molecule has 0 atom stereocenters. The van der Waals surface area contributed by atoms with Gasteiger partial charge in [-0.25, -0.2) is 22.3 Å². The number of hydrogen-bond acceptors (Lipinski definition) is 8. The molecule has 0 aliphatic carbocycles. The van der Waals surface area contributed by atoms with Gasteiger partial charge in [-0.05, 0) is 30.7 Å². The minimum atomic E-state index is -3.74. The Hall–Kier alpha value is -3.54. The van der Waals surface area contributed by atoms with Gasteiger partial charge in [-0.1, -0.05) is 36.4 Å². The predicted octanol–water partition coefficient (Wildman–Crippen LogP) is 3.64. The van der Waals surface area contributed by atoms with Crippen LogP contribution in [0.3, 0.4) is 0 Å². The summed E-state index contributed by atoms with van der Waals surface area (Å²) in [5, 5.41) is 4.60. The average molecular weight is 517 g/mol. The summed E-state index contributed by atoms with van der Waals surface area (Å²) in [5.41, 5.74) is 1.59. The van der Waals surface area contributed by atoms with E-state index in [2.05, 4.69) is 5.32 Å². The van der Waals surface area contributed by atoms with Gasteiger partial charge in [-0.3, -0.25) is 4.79 Å². The van der Waals surface area contributed by atoms with Gasteiger partial charge in [0.1, 0.15) is 10.6 Å². The first-order valence-corrected chi connectivity index (χ1v) is 12.8. The molecule has 0 aliphatic rings. The van der Waals surface area contributed by atoms with Crippen molar-refractivity contribution in [1.29, 1.82) is 0 Å². The second kappa shape index (κ2) is 11.3. The van der Waals surface area contributed by atoms with Gasteiger partial charge in [0.15, 0.2) is 6.61 Å². The SMILES string of the molecule is CCOC(=O)c1c(-c2ccccc2)csc1NC(=O)COC(=O)c1cccc(S(=O)(=O)N(C)C)c1. The van der Waals surface area contributed by atoms with Crippen LogP contribution in [-0.4, -0.2) is 57.9 Å². The highest BCUT2D eigenvalue weighted by Gasteiger charge is 2.24. The van der Waals surface area contributed by atoms with Crippen LogP contribution in [0.1, 0.15) is 27.6 Å². The van der Waals surface area contributed by atoms with Gasteiger partial charge in [0.05, 0.1) is 17.1 Å². The van der Waals surface area contributed by atoms with E-state index < -0.39 is 34.5 Å². The number of nitrogens with zero attached hydrogens (tertiary/aromatic N) is 1. The minimum absolute atomic E-state index is 0.0181. The predicted molar refractivity (Wildman–Crippen MR) is 132 cm³/mol. The molecule has 2 aromatic carbocycles. The van der Waals surface area contributed by atoms with E-state index in [1.807, 2.05) is 30.3 Å². The Kier molecular flexibility index (Phi) is 8.39. The average Bonchev–Trinajstić information content (AvgIpc) is 3.26. The van der Waals surface area contributed by atoms with Crippen molar-refractivity contribution in [3.8, 4) is 11.1 Å². The number of anilines is 1. The smallest absolute Gasteiger partial charge is 0.341 e. The van der Waals surface area contributed by atoms with E-state index in [4.69, 9.17) is 9.47 Å². The maximum Gasteiger partial charge on any atom is 0.341 e. The van der Waals surface area contributed by atoms with Crippen LogP contribution in [0.15, 0.2) is 64.9 Å². The van der Waals surface area contributed by atoms with Crippen LogP contribution in [0, 0.1) is 0 Å². The lowest BCUT2D eigenvalue weighted by Crippen LogP contribution is -2.23. The van der Waals surface area contributed by atoms with Crippen molar-refractivity contribution in [3.63, 3.8) is 0 Å². The Morgan fingerprint density at radius 2 is 1.69 bits per heavy atom. The topological polar surface area (TPSA) is 119 Å². The molecule has 11 heteroatoms. The number of esters is 2. The second-order valence-corrected chi connectivity index (χ2v) is 10.4. The van der Waals surface area contributed by atoms with Crippen molar-refractivity contribution in [1.82, 2.24) is 4.31 Å². The highest BCUT2D eigenvalue weighted by molar-refractivity contribution is 7.89. The normalized spacial score (nSPS) is 11.2. The van der Waals surface area contributed by atoms with Crippen molar-refractivity contribution < 1.29 is 32.3 Å². The summed E-state index contributed by atoms with van der Waals surface area (Å²) in [5.74, 6) is -2.11. The number of carbonyl (C=O) groups excluding carboxylic acids is 3. The van der Waals surface area contributed by atoms with Gasteiger partial charge in [0.2, 0.25) is 10.0 Å². The molecule has 1 aromatic heterocycles. The van der Waals surface area contributed by atoms with E-state index in [0.29, 0.717) is 5.56 Å². The molecule has 1 amide bonds. The number of benzene rings is 2. The van der Waals surface area contributed by atoms with Crippen molar-refractivity contribution in [2.75, 3.05) is 32.6 Å². The first-order valence-electron chi connectivity index (χ1n) is 10.5. The first-order chi connectivity index (χ1) is 16.6. The molecule has 3 rings (SSSR count). The highest BCUT2D eigenvalue weighted by Crippen LogP contribution is 2.36. The van der Waals surface area contributed by atoms with Crippen LogP contribution in [0.5, 0.6) is 0 Å². The third kappa shape index (κ3) is 6.13. The van der Waals surface area contributed by atoms with Crippen molar-refractivity contribution in [2.45, 2.75) is 11.8 Å². The summed E-state index contributed by atoms with van der Waals surface area (Å²) in [7, 11) is -0.983. The molecule has 0 saturated heterocycles. The first kappa shape index (κ1) is 26.1. The summed E-state index contributed by atoms with van der Waals surface area (Å²) in [6, 6.07) is 14.5. The van der Waals surface area contributed by atoms with E-state index in [-0.39, 0.29) is 27.6 Å². The van der Waals surface area contributed by atoms with E-state index in [9.17, 15) is 22.8 Å². The van der Waals surface area contributed by atoms with Gasteiger partial charge in [-0.15, -0.1) is 11.3 Å². The lowest BCUT2D eigenvalue weighted by Gasteiger charge is -2.12. The Labute approximate surface area is 207 Å². The molecule has 0 spiro atoms. The Bertz CT molecular complexity index is 1330. The number of nitrogens with one attached hydrogen (secondary N) is 1. The fraction of sp³-hybridized carbons (Fsp3) is 0.208. The third-order valence-corrected chi connectivity index (χ3v) is 7.50. The number of ether oxygens (including phenoxy) is 2. The van der Waals surface area contributed by atoms with Crippen molar-refractivity contribution in [2.24, 2.45) is 0 Å². The van der Waals surface area contributed by atoms with Crippen LogP contribution in [0.25, 0.3) is 11.1 Å². The summed E-state index contributed by atoms with van der Waals surface area (Å²) < 4.78 is 35.8. The van der Waals surface area contributed by atoms with Gasteiger partial charge < -0.3 is 14.8 Å². The monoisotopic (exact) mass is 516 g/mol. The summed E-state index contributed by atoms with van der Waals surface area (Å²) in [4.78, 5) is 37.5. The molecule has 9 nitrogen and oxygen atoms in total. The Morgan fingerprint density at radius 3 is 2.34 bits per heavy atom. The standard InChI is InChI=1S/C24H24N2O7S2/c1-4-32-24(29)21-19(16-9-6-5-7-10-16)15-34-22(21)25-20(27)14-33-23(28)17-11-8-12-18(13-17)35(30,31)26(2)3/h5-13,15H,4,14H2,1-3H3,(H,25,27). The van der Waals surface area contributed by atoms with Gasteiger partial charge in [-0.2, -0.15) is 0 Å². The molecule has 0 bridgehead atoms. The molecule has 0 radical (unpaired) electrons. The molecule has 0 fully saturated rings. The molecule has 1 N–H and O–H groups in total. The fourth-order valence-corrected chi connectivity index (χ4v) is 4.98. The number of amides is 1. The third-order valence-electron chi connectivity index (χ3n) is 4.79. The van der Waals surface area contributed by atoms with Crippen LogP contribution >= 0.6 is 11.3 Å². The van der Waals surface area contributed by atoms with Gasteiger partial charge >= 0.3 is 11.9 Å². The molecule has 3 aromatic rings. The number of carbonyl (C=O) groups is 3. The van der Waals surface area contributed by atoms with E-state index in [0.717, 1.165) is 21.2 Å². The molecular weight excluding hydrogens is 492 g/mol. The van der Waals surface area contributed by atoms with E-state index in [1.165, 1.54) is 38.4 Å². The molecule has 0 unspecified atom stereocenters. The van der Waals surface area contributed by atoms with Crippen molar-refractivity contribution in [3.05, 3.63) is 71.1 Å². The zero-order valence-electron chi connectivity index (χ0n) is 19.3. The lowest BCUT2D eigenvalue weighted by molar-refractivity contribution is -0.119. The highest BCUT2D eigenvalue weighted by atomic mass is 32.2. The zero-order chi connectivity index (χ0) is 25.6. The summed E-state index contributed by atoms with van der Waals surface area (Å²) >= 11 is 1.15. The lowest BCUT2D eigenvalue weighted by atomic mass is 10.0. The van der Waals surface area contributed by atoms with Gasteiger partial charge in [0, 0.05) is 25.0 Å². The number of sulfonamides is 1. The summed E-state index contributed by atoms with van der Waals surface area (Å²) in [6.45, 7) is 1.21. The van der Waals surface area contributed by atoms with Crippen LogP contribution < -0.4 is 5.32 Å². The minimum Gasteiger partial charge on any atom is -0.462 e. The molecule has 35 heavy (non-hydrogen) atoms. The van der Waals surface area contributed by atoms with Crippen molar-refractivity contribution >= 4 is 44.2 Å². The largest absolute Gasteiger partial charge is 0.462 e. The fourth-order valence-electron chi connectivity index (χ4n) is 3.06. The maximum atomic E-state index is 12.6. The molecule has 0 aliphatic heterocycles. The molecule has 1 heterocycles. The summed E-state index contributed by atoms with van der Waals surface area (Å²) in [6.07, 6.45) is 0. The van der Waals surface area contributed by atoms with Gasteiger partial charge in [0.25, 0.3) is 5.91 Å². The number of thiophene rings is 1. The van der Waals surface area contributed by atoms with E-state index >= 15 is 0 Å². The Balaban J connectivity index is 1.73. The Morgan fingerprint density at radius 1 is 0.971 bits per heavy atom. The molecule has 0 saturated carbocycles. The van der Waals surface area contributed by atoms with Crippen LogP contribution in [0.4, 0.5) is 5.00 Å².